The predicted octanol–water partition coefficient (Wildman–Crippen LogP) is 0.463. The molecule has 1 aromatic rings. The van der Waals surface area contributed by atoms with E-state index in [1.165, 1.54) is 12.8 Å². The fraction of sp³-hybridized carbons (Fsp3) is 0.778. The Morgan fingerprint density at radius 1 is 1.50 bits per heavy atom. The highest BCUT2D eigenvalue weighted by atomic mass is 16.5. The van der Waals surface area contributed by atoms with Crippen molar-refractivity contribution in [2.75, 3.05) is 0 Å². The SMILES string of the molecule is O[C@H]1CCCC[C@@H]1NCc1ncon1. The van der Waals surface area contributed by atoms with Crippen molar-refractivity contribution in [2.45, 2.75) is 44.4 Å². The highest BCUT2D eigenvalue weighted by molar-refractivity contribution is 4.84. The Morgan fingerprint density at radius 2 is 2.36 bits per heavy atom. The lowest BCUT2D eigenvalue weighted by atomic mass is 9.93. The number of aromatic nitrogens is 2. The maximum atomic E-state index is 9.67. The smallest absolute Gasteiger partial charge is 0.213 e. The molecule has 1 aromatic heterocycles. The summed E-state index contributed by atoms with van der Waals surface area (Å²) in [5, 5.41) is 16.6. The van der Waals surface area contributed by atoms with Crippen molar-refractivity contribution in [3.05, 3.63) is 12.2 Å². The van der Waals surface area contributed by atoms with Crippen LogP contribution in [0.5, 0.6) is 0 Å². The highest BCUT2D eigenvalue weighted by Gasteiger charge is 2.22. The van der Waals surface area contributed by atoms with Crippen LogP contribution in [0.1, 0.15) is 31.5 Å². The highest BCUT2D eigenvalue weighted by Crippen LogP contribution is 2.18. The van der Waals surface area contributed by atoms with Crippen molar-refractivity contribution in [2.24, 2.45) is 0 Å². The minimum absolute atomic E-state index is 0.183. The molecule has 0 aromatic carbocycles. The number of nitrogens with zero attached hydrogens (tertiary/aromatic N) is 2. The molecule has 0 spiro atoms. The molecular weight excluding hydrogens is 182 g/mol. The van der Waals surface area contributed by atoms with E-state index >= 15 is 0 Å². The van der Waals surface area contributed by atoms with E-state index in [0.717, 1.165) is 19.3 Å². The van der Waals surface area contributed by atoms with E-state index in [4.69, 9.17) is 0 Å². The average molecular weight is 197 g/mol. The molecule has 0 aliphatic heterocycles. The van der Waals surface area contributed by atoms with Gasteiger partial charge in [0.2, 0.25) is 6.39 Å². The Kier molecular flexibility index (Phi) is 3.10. The molecule has 0 bridgehead atoms. The molecule has 1 fully saturated rings. The molecule has 0 amide bonds. The molecule has 2 rings (SSSR count). The third-order valence-corrected chi connectivity index (χ3v) is 2.66. The van der Waals surface area contributed by atoms with Gasteiger partial charge in [-0.3, -0.25) is 0 Å². The molecule has 1 aliphatic rings. The number of aliphatic hydroxyl groups is 1. The summed E-state index contributed by atoms with van der Waals surface area (Å²) >= 11 is 0. The summed E-state index contributed by atoms with van der Waals surface area (Å²) < 4.78 is 4.62. The number of nitrogens with one attached hydrogen (secondary N) is 1. The maximum absolute atomic E-state index is 9.67. The lowest BCUT2D eigenvalue weighted by Gasteiger charge is -2.27. The summed E-state index contributed by atoms with van der Waals surface area (Å²) in [4.78, 5) is 3.90. The molecule has 5 nitrogen and oxygen atoms in total. The number of aliphatic hydroxyl groups excluding tert-OH is 1. The van der Waals surface area contributed by atoms with Crippen LogP contribution in [0.3, 0.4) is 0 Å². The lowest BCUT2D eigenvalue weighted by molar-refractivity contribution is 0.0898. The molecule has 1 aliphatic carbocycles. The fourth-order valence-electron chi connectivity index (χ4n) is 1.84. The van der Waals surface area contributed by atoms with Gasteiger partial charge >= 0.3 is 0 Å². The zero-order valence-corrected chi connectivity index (χ0v) is 8.02. The molecule has 2 N–H and O–H groups in total. The average Bonchev–Trinajstić information content (AvgIpc) is 2.69. The van der Waals surface area contributed by atoms with Crippen LogP contribution in [0, 0.1) is 0 Å². The Balaban J connectivity index is 1.79. The Hall–Kier alpha value is -0.940. The van der Waals surface area contributed by atoms with Gasteiger partial charge in [0.15, 0.2) is 5.82 Å². The zero-order chi connectivity index (χ0) is 9.80. The van der Waals surface area contributed by atoms with E-state index < -0.39 is 0 Å². The molecule has 0 radical (unpaired) electrons. The van der Waals surface area contributed by atoms with E-state index in [0.29, 0.717) is 12.4 Å². The summed E-state index contributed by atoms with van der Waals surface area (Å²) in [7, 11) is 0. The third-order valence-electron chi connectivity index (χ3n) is 2.66. The van der Waals surface area contributed by atoms with Gasteiger partial charge in [-0.15, -0.1) is 0 Å². The molecular formula is C9H15N3O2. The van der Waals surface area contributed by atoms with Crippen molar-refractivity contribution in [3.8, 4) is 0 Å². The quantitative estimate of drug-likeness (QED) is 0.736. The van der Waals surface area contributed by atoms with Crippen LogP contribution in [0.15, 0.2) is 10.9 Å². The summed E-state index contributed by atoms with van der Waals surface area (Å²) in [6.45, 7) is 0.568. The monoisotopic (exact) mass is 197 g/mol. The minimum Gasteiger partial charge on any atom is -0.392 e. The van der Waals surface area contributed by atoms with Gasteiger partial charge in [0.25, 0.3) is 0 Å². The van der Waals surface area contributed by atoms with Gasteiger partial charge in [0.1, 0.15) is 0 Å². The number of hydrogen-bond donors (Lipinski definition) is 2. The topological polar surface area (TPSA) is 71.2 Å². The first-order valence-corrected chi connectivity index (χ1v) is 5.03. The largest absolute Gasteiger partial charge is 0.392 e. The second kappa shape index (κ2) is 4.52. The first kappa shape index (κ1) is 9.61. The molecule has 0 unspecified atom stereocenters. The summed E-state index contributed by atoms with van der Waals surface area (Å²) in [6, 6.07) is 0.183. The van der Waals surface area contributed by atoms with Crippen LogP contribution in [0.2, 0.25) is 0 Å². The second-order valence-electron chi connectivity index (χ2n) is 3.69. The van der Waals surface area contributed by atoms with Crippen LogP contribution < -0.4 is 5.32 Å². The van der Waals surface area contributed by atoms with Crippen molar-refractivity contribution in [1.82, 2.24) is 15.5 Å². The summed E-state index contributed by atoms with van der Waals surface area (Å²) in [5.41, 5.74) is 0. The number of rotatable bonds is 3. The summed E-state index contributed by atoms with van der Waals surface area (Å²) in [6.07, 6.45) is 5.32. The van der Waals surface area contributed by atoms with E-state index in [9.17, 15) is 5.11 Å². The van der Waals surface area contributed by atoms with Gasteiger partial charge in [0.05, 0.1) is 12.6 Å². The van der Waals surface area contributed by atoms with E-state index in [-0.39, 0.29) is 12.1 Å². The fourth-order valence-corrected chi connectivity index (χ4v) is 1.84. The zero-order valence-electron chi connectivity index (χ0n) is 8.02. The van der Waals surface area contributed by atoms with Gasteiger partial charge in [-0.2, -0.15) is 4.98 Å². The van der Waals surface area contributed by atoms with Crippen LogP contribution in [-0.4, -0.2) is 27.4 Å². The molecule has 0 saturated heterocycles. The molecule has 78 valence electrons. The molecule has 5 heteroatoms. The van der Waals surface area contributed by atoms with Crippen molar-refractivity contribution in [3.63, 3.8) is 0 Å². The van der Waals surface area contributed by atoms with Gasteiger partial charge in [-0.25, -0.2) is 0 Å². The Labute approximate surface area is 82.5 Å². The first-order valence-electron chi connectivity index (χ1n) is 5.03. The molecule has 1 heterocycles. The van der Waals surface area contributed by atoms with Crippen molar-refractivity contribution in [1.29, 1.82) is 0 Å². The van der Waals surface area contributed by atoms with Gasteiger partial charge in [0, 0.05) is 6.04 Å². The molecule has 1 saturated carbocycles. The molecule has 14 heavy (non-hydrogen) atoms. The standard InChI is InChI=1S/C9H15N3O2/c13-8-4-2-1-3-7(8)10-5-9-11-6-14-12-9/h6-8,10,13H,1-5H2/t7-,8-/m0/s1. The van der Waals surface area contributed by atoms with Gasteiger partial charge in [-0.05, 0) is 12.8 Å². The summed E-state index contributed by atoms with van der Waals surface area (Å²) in [5.74, 6) is 0.641. The van der Waals surface area contributed by atoms with Crippen LogP contribution in [0.4, 0.5) is 0 Å². The van der Waals surface area contributed by atoms with Gasteiger partial charge in [-0.1, -0.05) is 18.0 Å². The van der Waals surface area contributed by atoms with E-state index in [1.807, 2.05) is 0 Å². The van der Waals surface area contributed by atoms with Crippen LogP contribution in [0.25, 0.3) is 0 Å². The Bertz CT molecular complexity index is 263. The maximum Gasteiger partial charge on any atom is 0.213 e. The first-order chi connectivity index (χ1) is 6.86. The number of hydrogen-bond acceptors (Lipinski definition) is 5. The third kappa shape index (κ3) is 2.30. The van der Waals surface area contributed by atoms with Crippen LogP contribution in [-0.2, 0) is 6.54 Å². The molecule has 2 atom stereocenters. The lowest BCUT2D eigenvalue weighted by Crippen LogP contribution is -2.41. The second-order valence-corrected chi connectivity index (χ2v) is 3.69. The minimum atomic E-state index is -0.226. The van der Waals surface area contributed by atoms with Crippen LogP contribution >= 0.6 is 0 Å². The van der Waals surface area contributed by atoms with E-state index in [1.54, 1.807) is 0 Å². The van der Waals surface area contributed by atoms with Gasteiger partial charge < -0.3 is 14.9 Å². The predicted molar refractivity (Wildman–Crippen MR) is 49.4 cm³/mol. The normalized spacial score (nSPS) is 27.8. The Morgan fingerprint density at radius 3 is 3.07 bits per heavy atom. The van der Waals surface area contributed by atoms with Crippen molar-refractivity contribution < 1.29 is 9.63 Å². The van der Waals surface area contributed by atoms with E-state index in [2.05, 4.69) is 20.0 Å². The van der Waals surface area contributed by atoms with Crippen molar-refractivity contribution >= 4 is 0 Å².